The molecule has 7 heteroatoms. The first-order chi connectivity index (χ1) is 10.0. The van der Waals surface area contributed by atoms with E-state index in [1.807, 2.05) is 18.5 Å². The highest BCUT2D eigenvalue weighted by Crippen LogP contribution is 2.16. The van der Waals surface area contributed by atoms with Crippen LogP contribution in [0.25, 0.3) is 0 Å². The Bertz CT molecular complexity index is 677. The van der Waals surface area contributed by atoms with Crippen molar-refractivity contribution in [1.29, 1.82) is 0 Å². The number of rotatable bonds is 7. The van der Waals surface area contributed by atoms with E-state index in [-0.39, 0.29) is 5.75 Å². The van der Waals surface area contributed by atoms with Crippen LogP contribution in [0.5, 0.6) is 0 Å². The highest BCUT2D eigenvalue weighted by Gasteiger charge is 2.12. The third-order valence-corrected chi connectivity index (χ3v) is 5.11. The lowest BCUT2D eigenvalue weighted by Crippen LogP contribution is -2.09. The third-order valence-electron chi connectivity index (χ3n) is 3.17. The molecule has 0 amide bonds. The number of nitrogens with one attached hydrogen (secondary N) is 1. The lowest BCUT2D eigenvalue weighted by atomic mass is 10.3. The van der Waals surface area contributed by atoms with Gasteiger partial charge in [-0.05, 0) is 30.7 Å². The van der Waals surface area contributed by atoms with Gasteiger partial charge in [0.15, 0.2) is 9.84 Å². The molecule has 1 aromatic heterocycles. The normalized spacial score (nSPS) is 11.5. The summed E-state index contributed by atoms with van der Waals surface area (Å²) in [5.74, 6) is 1.09. The molecule has 21 heavy (non-hydrogen) atoms. The summed E-state index contributed by atoms with van der Waals surface area (Å²) >= 11 is 0. The second-order valence-corrected chi connectivity index (χ2v) is 6.99. The van der Waals surface area contributed by atoms with E-state index in [1.54, 1.807) is 30.6 Å². The smallest absolute Gasteiger partial charge is 0.178 e. The molecule has 0 fully saturated rings. The van der Waals surface area contributed by atoms with Gasteiger partial charge in [0.1, 0.15) is 12.2 Å². The third kappa shape index (κ3) is 4.04. The predicted molar refractivity (Wildman–Crippen MR) is 82.0 cm³/mol. The molecule has 1 aromatic carbocycles. The van der Waals surface area contributed by atoms with Crippen molar-refractivity contribution >= 4 is 15.5 Å². The largest absolute Gasteiger partial charge is 0.385 e. The molecule has 114 valence electrons. The molecule has 0 saturated heterocycles. The lowest BCUT2D eigenvalue weighted by Gasteiger charge is -2.07. The van der Waals surface area contributed by atoms with Crippen LogP contribution in [-0.4, -0.2) is 35.5 Å². The van der Waals surface area contributed by atoms with Crippen LogP contribution in [0.15, 0.2) is 35.5 Å². The molecule has 0 saturated carbocycles. The van der Waals surface area contributed by atoms with Crippen LogP contribution in [0.2, 0.25) is 0 Å². The maximum absolute atomic E-state index is 11.9. The van der Waals surface area contributed by atoms with Crippen LogP contribution in [0.1, 0.15) is 19.2 Å². The summed E-state index contributed by atoms with van der Waals surface area (Å²) in [4.78, 5) is 0.378. The van der Waals surface area contributed by atoms with Gasteiger partial charge >= 0.3 is 0 Å². The Labute approximate surface area is 125 Å². The molecule has 0 bridgehead atoms. The number of sulfone groups is 1. The molecule has 0 aliphatic heterocycles. The molecule has 0 unspecified atom stereocenters. The average molecular weight is 308 g/mol. The SMILES string of the molecule is CCCS(=O)(=O)c1ccc(NCCc2nncn2C)cc1. The van der Waals surface area contributed by atoms with Crippen molar-refractivity contribution in [3.05, 3.63) is 36.4 Å². The highest BCUT2D eigenvalue weighted by atomic mass is 32.2. The zero-order valence-corrected chi connectivity index (χ0v) is 13.1. The number of aryl methyl sites for hydroxylation is 1. The molecule has 0 aliphatic carbocycles. The van der Waals surface area contributed by atoms with E-state index in [0.29, 0.717) is 17.9 Å². The summed E-state index contributed by atoms with van der Waals surface area (Å²) in [5.41, 5.74) is 0.896. The monoisotopic (exact) mass is 308 g/mol. The predicted octanol–water partition coefficient (Wildman–Crippen LogP) is 1.65. The van der Waals surface area contributed by atoms with Crippen molar-refractivity contribution < 1.29 is 8.42 Å². The van der Waals surface area contributed by atoms with Gasteiger partial charge < -0.3 is 9.88 Å². The number of benzene rings is 1. The Balaban J connectivity index is 1.92. The van der Waals surface area contributed by atoms with E-state index in [1.165, 1.54) is 0 Å². The van der Waals surface area contributed by atoms with Crippen LogP contribution in [0.3, 0.4) is 0 Å². The Morgan fingerprint density at radius 3 is 2.52 bits per heavy atom. The summed E-state index contributed by atoms with van der Waals surface area (Å²) in [7, 11) is -1.23. The second-order valence-electron chi connectivity index (χ2n) is 4.88. The van der Waals surface area contributed by atoms with Crippen molar-refractivity contribution in [3.8, 4) is 0 Å². The molecule has 2 rings (SSSR count). The minimum Gasteiger partial charge on any atom is -0.385 e. The molecule has 6 nitrogen and oxygen atoms in total. The number of hydrogen-bond acceptors (Lipinski definition) is 5. The van der Waals surface area contributed by atoms with Crippen molar-refractivity contribution in [2.75, 3.05) is 17.6 Å². The summed E-state index contributed by atoms with van der Waals surface area (Å²) in [5, 5.41) is 11.1. The molecule has 0 spiro atoms. The molecule has 0 radical (unpaired) electrons. The van der Waals surface area contributed by atoms with E-state index < -0.39 is 9.84 Å². The minimum atomic E-state index is -3.14. The molecule has 1 N–H and O–H groups in total. The zero-order valence-electron chi connectivity index (χ0n) is 12.3. The number of nitrogens with zero attached hydrogens (tertiary/aromatic N) is 3. The van der Waals surface area contributed by atoms with Gasteiger partial charge in [0.05, 0.1) is 10.6 Å². The first-order valence-electron chi connectivity index (χ1n) is 6.92. The standard InChI is InChI=1S/C14H20N4O2S/c1-3-10-21(19,20)13-6-4-12(5-7-13)15-9-8-14-17-16-11-18(14)2/h4-7,11,15H,3,8-10H2,1-2H3. The van der Waals surface area contributed by atoms with Crippen LogP contribution >= 0.6 is 0 Å². The molecular formula is C14H20N4O2S. The van der Waals surface area contributed by atoms with Gasteiger partial charge in [0, 0.05) is 25.7 Å². The molecule has 0 atom stereocenters. The number of hydrogen-bond donors (Lipinski definition) is 1. The van der Waals surface area contributed by atoms with E-state index in [2.05, 4.69) is 15.5 Å². The maximum Gasteiger partial charge on any atom is 0.178 e. The summed E-state index contributed by atoms with van der Waals surface area (Å²) in [6.45, 7) is 2.58. The van der Waals surface area contributed by atoms with Crippen LogP contribution in [-0.2, 0) is 23.3 Å². The maximum atomic E-state index is 11.9. The Morgan fingerprint density at radius 1 is 1.24 bits per heavy atom. The minimum absolute atomic E-state index is 0.186. The van der Waals surface area contributed by atoms with Gasteiger partial charge in [0.25, 0.3) is 0 Å². The topological polar surface area (TPSA) is 76.9 Å². The van der Waals surface area contributed by atoms with Crippen LogP contribution < -0.4 is 5.32 Å². The van der Waals surface area contributed by atoms with Crippen LogP contribution in [0, 0.1) is 0 Å². The van der Waals surface area contributed by atoms with E-state index >= 15 is 0 Å². The molecule has 0 aliphatic rings. The number of anilines is 1. The number of aromatic nitrogens is 3. The quantitative estimate of drug-likeness (QED) is 0.841. The van der Waals surface area contributed by atoms with Crippen molar-refractivity contribution in [2.24, 2.45) is 7.05 Å². The van der Waals surface area contributed by atoms with Gasteiger partial charge in [-0.3, -0.25) is 0 Å². The van der Waals surface area contributed by atoms with Gasteiger partial charge in [-0.15, -0.1) is 10.2 Å². The fraction of sp³-hybridized carbons (Fsp3) is 0.429. The van der Waals surface area contributed by atoms with Crippen LogP contribution in [0.4, 0.5) is 5.69 Å². The fourth-order valence-corrected chi connectivity index (χ4v) is 3.34. The first-order valence-corrected chi connectivity index (χ1v) is 8.57. The lowest BCUT2D eigenvalue weighted by molar-refractivity contribution is 0.595. The van der Waals surface area contributed by atoms with Gasteiger partial charge in [-0.2, -0.15) is 0 Å². The van der Waals surface area contributed by atoms with Gasteiger partial charge in [-0.25, -0.2) is 8.42 Å². The fourth-order valence-electron chi connectivity index (χ4n) is 2.02. The first kappa shape index (κ1) is 15.5. The van der Waals surface area contributed by atoms with Gasteiger partial charge in [0.2, 0.25) is 0 Å². The van der Waals surface area contributed by atoms with E-state index in [9.17, 15) is 8.42 Å². The summed E-state index contributed by atoms with van der Waals surface area (Å²) in [6, 6.07) is 6.88. The molecular weight excluding hydrogens is 288 g/mol. The average Bonchev–Trinajstić information content (AvgIpc) is 2.85. The van der Waals surface area contributed by atoms with Crippen molar-refractivity contribution in [2.45, 2.75) is 24.7 Å². The van der Waals surface area contributed by atoms with Gasteiger partial charge in [-0.1, -0.05) is 6.92 Å². The summed E-state index contributed by atoms with van der Waals surface area (Å²) < 4.78 is 25.7. The second kappa shape index (κ2) is 6.71. The van der Waals surface area contributed by atoms with E-state index in [4.69, 9.17) is 0 Å². The van der Waals surface area contributed by atoms with Crippen molar-refractivity contribution in [1.82, 2.24) is 14.8 Å². The molecule has 1 heterocycles. The zero-order chi connectivity index (χ0) is 15.3. The Hall–Kier alpha value is -1.89. The Morgan fingerprint density at radius 2 is 1.95 bits per heavy atom. The van der Waals surface area contributed by atoms with E-state index in [0.717, 1.165) is 17.9 Å². The highest BCUT2D eigenvalue weighted by molar-refractivity contribution is 7.91. The van der Waals surface area contributed by atoms with Crippen molar-refractivity contribution in [3.63, 3.8) is 0 Å². The Kier molecular flexibility index (Phi) is 4.95. The molecule has 2 aromatic rings. The summed E-state index contributed by atoms with van der Waals surface area (Å²) in [6.07, 6.45) is 3.05.